The van der Waals surface area contributed by atoms with E-state index in [0.29, 0.717) is 12.3 Å². The van der Waals surface area contributed by atoms with E-state index < -0.39 is 0 Å². The standard InChI is InChI=1S/C9H10FN3/c10-7-3-1-6(2-4-7)8-5-9(11)13-12-8/h1-4,8,12H,5H2,(H2,11,13). The molecule has 3 N–H and O–H groups in total. The third-order valence-electron chi connectivity index (χ3n) is 2.05. The molecule has 0 fully saturated rings. The van der Waals surface area contributed by atoms with Crippen LogP contribution in [0.2, 0.25) is 0 Å². The van der Waals surface area contributed by atoms with Crippen molar-refractivity contribution in [2.75, 3.05) is 0 Å². The minimum Gasteiger partial charge on any atom is -0.386 e. The summed E-state index contributed by atoms with van der Waals surface area (Å²) in [6.45, 7) is 0. The Morgan fingerprint density at radius 3 is 2.62 bits per heavy atom. The Morgan fingerprint density at radius 1 is 1.38 bits per heavy atom. The minimum atomic E-state index is -0.226. The van der Waals surface area contributed by atoms with Gasteiger partial charge in [-0.2, -0.15) is 5.10 Å². The van der Waals surface area contributed by atoms with Crippen molar-refractivity contribution in [1.29, 1.82) is 0 Å². The first-order chi connectivity index (χ1) is 6.25. The van der Waals surface area contributed by atoms with Gasteiger partial charge >= 0.3 is 0 Å². The Morgan fingerprint density at radius 2 is 2.08 bits per heavy atom. The maximum atomic E-state index is 12.6. The largest absolute Gasteiger partial charge is 0.386 e. The summed E-state index contributed by atoms with van der Waals surface area (Å²) in [5.74, 6) is 0.366. The smallest absolute Gasteiger partial charge is 0.123 e. The van der Waals surface area contributed by atoms with Gasteiger partial charge in [-0.25, -0.2) is 4.39 Å². The summed E-state index contributed by atoms with van der Waals surface area (Å²) in [6, 6.07) is 6.44. The normalized spacial score (nSPS) is 21.0. The minimum absolute atomic E-state index is 0.0978. The van der Waals surface area contributed by atoms with E-state index in [1.165, 1.54) is 12.1 Å². The van der Waals surface area contributed by atoms with Crippen LogP contribution in [0, 0.1) is 5.82 Å². The van der Waals surface area contributed by atoms with E-state index in [9.17, 15) is 4.39 Å². The van der Waals surface area contributed by atoms with Crippen molar-refractivity contribution in [3.8, 4) is 0 Å². The summed E-state index contributed by atoms with van der Waals surface area (Å²) < 4.78 is 12.6. The summed E-state index contributed by atoms with van der Waals surface area (Å²) in [5, 5.41) is 3.87. The number of amidine groups is 1. The SMILES string of the molecule is NC1=NNC(c2ccc(F)cc2)C1. The number of hydrogen-bond donors (Lipinski definition) is 2. The van der Waals surface area contributed by atoms with Crippen LogP contribution in [0.15, 0.2) is 29.4 Å². The first-order valence-corrected chi connectivity index (χ1v) is 4.09. The zero-order valence-electron chi connectivity index (χ0n) is 7.00. The van der Waals surface area contributed by atoms with E-state index in [-0.39, 0.29) is 11.9 Å². The molecule has 0 spiro atoms. The molecule has 4 heteroatoms. The fourth-order valence-corrected chi connectivity index (χ4v) is 1.35. The second-order valence-corrected chi connectivity index (χ2v) is 3.04. The fraction of sp³-hybridized carbons (Fsp3) is 0.222. The molecule has 2 rings (SSSR count). The number of nitrogens with one attached hydrogen (secondary N) is 1. The molecule has 0 saturated carbocycles. The summed E-state index contributed by atoms with van der Waals surface area (Å²) in [6.07, 6.45) is 0.686. The van der Waals surface area contributed by atoms with Gasteiger partial charge in [0.2, 0.25) is 0 Å². The van der Waals surface area contributed by atoms with E-state index >= 15 is 0 Å². The molecule has 0 aliphatic carbocycles. The highest BCUT2D eigenvalue weighted by molar-refractivity contribution is 5.82. The van der Waals surface area contributed by atoms with Gasteiger partial charge in [0, 0.05) is 6.42 Å². The molecule has 0 bridgehead atoms. The predicted octanol–water partition coefficient (Wildman–Crippen LogP) is 1.13. The summed E-state index contributed by atoms with van der Waals surface area (Å²) in [4.78, 5) is 0. The maximum Gasteiger partial charge on any atom is 0.123 e. The number of halogens is 1. The van der Waals surface area contributed by atoms with Crippen molar-refractivity contribution >= 4 is 5.84 Å². The Balaban J connectivity index is 2.14. The molecule has 0 saturated heterocycles. The zero-order valence-corrected chi connectivity index (χ0v) is 7.00. The predicted molar refractivity (Wildman–Crippen MR) is 48.5 cm³/mol. The molecule has 0 aromatic heterocycles. The third-order valence-corrected chi connectivity index (χ3v) is 2.05. The van der Waals surface area contributed by atoms with Gasteiger partial charge in [-0.1, -0.05) is 12.1 Å². The molecule has 68 valence electrons. The first-order valence-electron chi connectivity index (χ1n) is 4.09. The molecule has 1 unspecified atom stereocenters. The molecular formula is C9H10FN3. The lowest BCUT2D eigenvalue weighted by Gasteiger charge is -2.08. The highest BCUT2D eigenvalue weighted by Crippen LogP contribution is 2.20. The molecular weight excluding hydrogens is 169 g/mol. The van der Waals surface area contributed by atoms with Crippen molar-refractivity contribution in [3.63, 3.8) is 0 Å². The first kappa shape index (κ1) is 8.04. The zero-order chi connectivity index (χ0) is 9.26. The number of benzene rings is 1. The maximum absolute atomic E-state index is 12.6. The van der Waals surface area contributed by atoms with Gasteiger partial charge in [0.25, 0.3) is 0 Å². The summed E-state index contributed by atoms with van der Waals surface area (Å²) >= 11 is 0. The van der Waals surface area contributed by atoms with Crippen LogP contribution in [0.3, 0.4) is 0 Å². The van der Waals surface area contributed by atoms with Crippen LogP contribution in [0.5, 0.6) is 0 Å². The van der Waals surface area contributed by atoms with Crippen LogP contribution >= 0.6 is 0 Å². The van der Waals surface area contributed by atoms with E-state index in [4.69, 9.17) is 5.73 Å². The van der Waals surface area contributed by atoms with E-state index in [1.54, 1.807) is 12.1 Å². The number of rotatable bonds is 1. The molecule has 1 aliphatic rings. The molecule has 1 aliphatic heterocycles. The average molecular weight is 179 g/mol. The molecule has 1 aromatic carbocycles. The van der Waals surface area contributed by atoms with Crippen LogP contribution in [-0.4, -0.2) is 5.84 Å². The van der Waals surface area contributed by atoms with E-state index in [2.05, 4.69) is 10.5 Å². The third kappa shape index (κ3) is 1.61. The molecule has 3 nitrogen and oxygen atoms in total. The van der Waals surface area contributed by atoms with Gasteiger partial charge in [0.15, 0.2) is 0 Å². The molecule has 0 radical (unpaired) electrons. The second-order valence-electron chi connectivity index (χ2n) is 3.04. The van der Waals surface area contributed by atoms with Crippen molar-refractivity contribution in [3.05, 3.63) is 35.6 Å². The molecule has 1 heterocycles. The van der Waals surface area contributed by atoms with Crippen molar-refractivity contribution < 1.29 is 4.39 Å². The fourth-order valence-electron chi connectivity index (χ4n) is 1.35. The van der Waals surface area contributed by atoms with Crippen molar-refractivity contribution in [2.45, 2.75) is 12.5 Å². The Kier molecular flexibility index (Phi) is 1.88. The highest BCUT2D eigenvalue weighted by atomic mass is 19.1. The Hall–Kier alpha value is -1.58. The number of nitrogens with two attached hydrogens (primary N) is 1. The quantitative estimate of drug-likeness (QED) is 0.679. The molecule has 13 heavy (non-hydrogen) atoms. The lowest BCUT2D eigenvalue weighted by Crippen LogP contribution is -2.11. The van der Waals surface area contributed by atoms with Gasteiger partial charge in [0.05, 0.1) is 6.04 Å². The topological polar surface area (TPSA) is 50.4 Å². The van der Waals surface area contributed by atoms with Gasteiger partial charge in [-0.05, 0) is 17.7 Å². The van der Waals surface area contributed by atoms with Gasteiger partial charge in [-0.15, -0.1) is 0 Å². The summed E-state index contributed by atoms with van der Waals surface area (Å²) in [5.41, 5.74) is 9.39. The Bertz CT molecular complexity index is 331. The van der Waals surface area contributed by atoms with E-state index in [0.717, 1.165) is 5.56 Å². The highest BCUT2D eigenvalue weighted by Gasteiger charge is 2.17. The van der Waals surface area contributed by atoms with Gasteiger partial charge < -0.3 is 11.2 Å². The van der Waals surface area contributed by atoms with Crippen LogP contribution in [-0.2, 0) is 0 Å². The monoisotopic (exact) mass is 179 g/mol. The molecule has 1 atom stereocenters. The number of nitrogens with zero attached hydrogens (tertiary/aromatic N) is 1. The second kappa shape index (κ2) is 3.05. The lowest BCUT2D eigenvalue weighted by molar-refractivity contribution is 0.607. The summed E-state index contributed by atoms with van der Waals surface area (Å²) in [7, 11) is 0. The van der Waals surface area contributed by atoms with Crippen molar-refractivity contribution in [1.82, 2.24) is 5.43 Å². The van der Waals surface area contributed by atoms with Crippen LogP contribution < -0.4 is 11.2 Å². The van der Waals surface area contributed by atoms with Crippen molar-refractivity contribution in [2.24, 2.45) is 10.8 Å². The Labute approximate surface area is 75.4 Å². The van der Waals surface area contributed by atoms with Crippen LogP contribution in [0.25, 0.3) is 0 Å². The lowest BCUT2D eigenvalue weighted by atomic mass is 10.1. The molecule has 1 aromatic rings. The number of hydrazone groups is 1. The van der Waals surface area contributed by atoms with Gasteiger partial charge in [-0.3, -0.25) is 0 Å². The van der Waals surface area contributed by atoms with E-state index in [1.807, 2.05) is 0 Å². The average Bonchev–Trinajstić information content (AvgIpc) is 2.53. The van der Waals surface area contributed by atoms with Crippen LogP contribution in [0.4, 0.5) is 4.39 Å². The number of hydrogen-bond acceptors (Lipinski definition) is 3. The molecule has 0 amide bonds. The van der Waals surface area contributed by atoms with Crippen LogP contribution in [0.1, 0.15) is 18.0 Å². The van der Waals surface area contributed by atoms with Gasteiger partial charge in [0.1, 0.15) is 11.7 Å².